The Kier molecular flexibility index (Phi) is 3.88. The molecule has 1 heterocycles. The average Bonchev–Trinajstić information content (AvgIpc) is 2.48. The highest BCUT2D eigenvalue weighted by Crippen LogP contribution is 2.17. The third-order valence-corrected chi connectivity index (χ3v) is 2.61. The highest BCUT2D eigenvalue weighted by Gasteiger charge is 2.08. The van der Waals surface area contributed by atoms with Gasteiger partial charge in [-0.15, -0.1) is 11.3 Å². The largest absolute Gasteiger partial charge is 0.312 e. The third-order valence-electron chi connectivity index (χ3n) is 1.83. The quantitative estimate of drug-likeness (QED) is 0.752. The van der Waals surface area contributed by atoms with E-state index in [1.807, 2.05) is 11.7 Å². The zero-order valence-electron chi connectivity index (χ0n) is 8.63. The van der Waals surface area contributed by atoms with Crippen LogP contribution in [-0.2, 0) is 6.54 Å². The van der Waals surface area contributed by atoms with Gasteiger partial charge in [0.25, 0.3) is 0 Å². The van der Waals surface area contributed by atoms with Crippen molar-refractivity contribution in [2.45, 2.75) is 33.7 Å². The van der Waals surface area contributed by atoms with Gasteiger partial charge in [0.1, 0.15) is 0 Å². The smallest absolute Gasteiger partial charge is 0.0794 e. The highest BCUT2D eigenvalue weighted by atomic mass is 32.1. The summed E-state index contributed by atoms with van der Waals surface area (Å²) >= 11 is 1.71. The Morgan fingerprint density at radius 3 is 2.77 bits per heavy atom. The second-order valence-electron chi connectivity index (χ2n) is 4.46. The molecule has 2 nitrogen and oxygen atoms in total. The molecule has 0 aliphatic carbocycles. The van der Waals surface area contributed by atoms with Crippen LogP contribution < -0.4 is 5.32 Å². The van der Waals surface area contributed by atoms with Crippen molar-refractivity contribution in [3.63, 3.8) is 0 Å². The van der Waals surface area contributed by atoms with Crippen LogP contribution in [0.15, 0.2) is 11.7 Å². The molecule has 0 saturated heterocycles. The lowest BCUT2D eigenvalue weighted by molar-refractivity contribution is 0.367. The van der Waals surface area contributed by atoms with Gasteiger partial charge in [-0.2, -0.15) is 0 Å². The third kappa shape index (κ3) is 5.01. The number of nitrogens with one attached hydrogen (secondary N) is 1. The molecule has 1 N–H and O–H groups in total. The van der Waals surface area contributed by atoms with Crippen LogP contribution in [-0.4, -0.2) is 11.5 Å². The minimum atomic E-state index is 0.431. The maximum Gasteiger partial charge on any atom is 0.0794 e. The van der Waals surface area contributed by atoms with Crippen molar-refractivity contribution in [2.24, 2.45) is 5.41 Å². The molecule has 0 fully saturated rings. The molecule has 0 radical (unpaired) electrons. The first-order valence-electron chi connectivity index (χ1n) is 4.66. The summed E-state index contributed by atoms with van der Waals surface area (Å²) in [6.07, 6.45) is 3.14. The Bertz CT molecular complexity index is 224. The number of thiazole rings is 1. The van der Waals surface area contributed by atoms with Crippen molar-refractivity contribution in [3.8, 4) is 0 Å². The van der Waals surface area contributed by atoms with E-state index in [1.165, 1.54) is 11.3 Å². The minimum absolute atomic E-state index is 0.431. The molecule has 0 unspecified atom stereocenters. The van der Waals surface area contributed by atoms with Crippen molar-refractivity contribution in [3.05, 3.63) is 16.6 Å². The predicted molar refractivity (Wildman–Crippen MR) is 57.9 cm³/mol. The molecule has 0 saturated carbocycles. The molecule has 0 atom stereocenters. The summed E-state index contributed by atoms with van der Waals surface area (Å²) in [6.45, 7) is 8.84. The van der Waals surface area contributed by atoms with E-state index in [1.54, 1.807) is 11.3 Å². The first kappa shape index (κ1) is 10.7. The molecule has 0 spiro atoms. The van der Waals surface area contributed by atoms with Crippen LogP contribution in [0.1, 0.15) is 32.1 Å². The molecule has 1 aromatic rings. The highest BCUT2D eigenvalue weighted by molar-refractivity contribution is 7.09. The van der Waals surface area contributed by atoms with Gasteiger partial charge in [0.15, 0.2) is 0 Å². The summed E-state index contributed by atoms with van der Waals surface area (Å²) in [6, 6.07) is 0. The van der Waals surface area contributed by atoms with Gasteiger partial charge < -0.3 is 5.32 Å². The molecule has 1 rings (SSSR count). The summed E-state index contributed by atoms with van der Waals surface area (Å²) in [4.78, 5) is 5.34. The van der Waals surface area contributed by atoms with Gasteiger partial charge in [-0.3, -0.25) is 4.98 Å². The lowest BCUT2D eigenvalue weighted by Crippen LogP contribution is -2.19. The first-order chi connectivity index (χ1) is 6.08. The van der Waals surface area contributed by atoms with E-state index in [9.17, 15) is 0 Å². The van der Waals surface area contributed by atoms with E-state index in [0.29, 0.717) is 5.41 Å². The zero-order valence-corrected chi connectivity index (χ0v) is 9.45. The zero-order chi connectivity index (χ0) is 9.73. The molecule has 0 bridgehead atoms. The molecule has 74 valence electrons. The Morgan fingerprint density at radius 1 is 1.46 bits per heavy atom. The van der Waals surface area contributed by atoms with E-state index < -0.39 is 0 Å². The Labute approximate surface area is 84.4 Å². The molecular weight excluding hydrogens is 180 g/mol. The molecule has 1 aromatic heterocycles. The Balaban J connectivity index is 2.09. The van der Waals surface area contributed by atoms with E-state index >= 15 is 0 Å². The van der Waals surface area contributed by atoms with Crippen LogP contribution >= 0.6 is 11.3 Å². The monoisotopic (exact) mass is 198 g/mol. The maximum atomic E-state index is 4.03. The van der Waals surface area contributed by atoms with Crippen LogP contribution in [0.4, 0.5) is 0 Å². The van der Waals surface area contributed by atoms with Crippen molar-refractivity contribution in [1.82, 2.24) is 10.3 Å². The van der Waals surface area contributed by atoms with Gasteiger partial charge in [-0.1, -0.05) is 20.8 Å². The summed E-state index contributed by atoms with van der Waals surface area (Å²) in [5.74, 6) is 0. The van der Waals surface area contributed by atoms with Gasteiger partial charge in [0.2, 0.25) is 0 Å². The molecule has 0 aliphatic heterocycles. The second kappa shape index (κ2) is 4.72. The van der Waals surface area contributed by atoms with E-state index in [0.717, 1.165) is 13.1 Å². The topological polar surface area (TPSA) is 24.9 Å². The predicted octanol–water partition coefficient (Wildman–Crippen LogP) is 2.67. The standard InChI is InChI=1S/C10H18N2S/c1-10(2,3)4-5-11-6-9-7-12-8-13-9/h7-8,11H,4-6H2,1-3H3. The van der Waals surface area contributed by atoms with Gasteiger partial charge in [-0.25, -0.2) is 0 Å². The van der Waals surface area contributed by atoms with Gasteiger partial charge in [-0.05, 0) is 18.4 Å². The number of hydrogen-bond donors (Lipinski definition) is 1. The average molecular weight is 198 g/mol. The fourth-order valence-corrected chi connectivity index (χ4v) is 1.57. The van der Waals surface area contributed by atoms with Crippen molar-refractivity contribution >= 4 is 11.3 Å². The molecule has 0 aliphatic rings. The van der Waals surface area contributed by atoms with Crippen LogP contribution in [0.2, 0.25) is 0 Å². The Morgan fingerprint density at radius 2 is 2.23 bits per heavy atom. The SMILES string of the molecule is CC(C)(C)CCNCc1cncs1. The fraction of sp³-hybridized carbons (Fsp3) is 0.700. The maximum absolute atomic E-state index is 4.03. The van der Waals surface area contributed by atoms with Crippen molar-refractivity contribution in [2.75, 3.05) is 6.54 Å². The number of hydrogen-bond acceptors (Lipinski definition) is 3. The molecule has 0 aromatic carbocycles. The molecular formula is C10H18N2S. The first-order valence-corrected chi connectivity index (χ1v) is 5.54. The Hall–Kier alpha value is -0.410. The number of rotatable bonds is 4. The normalized spacial score (nSPS) is 11.9. The van der Waals surface area contributed by atoms with Gasteiger partial charge in [0.05, 0.1) is 5.51 Å². The van der Waals surface area contributed by atoms with Crippen LogP contribution in [0.25, 0.3) is 0 Å². The fourth-order valence-electron chi connectivity index (χ4n) is 1.00. The summed E-state index contributed by atoms with van der Waals surface area (Å²) in [5, 5.41) is 3.41. The minimum Gasteiger partial charge on any atom is -0.312 e. The molecule has 3 heteroatoms. The summed E-state index contributed by atoms with van der Waals surface area (Å²) < 4.78 is 0. The van der Waals surface area contributed by atoms with E-state index in [2.05, 4.69) is 31.1 Å². The van der Waals surface area contributed by atoms with Crippen LogP contribution in [0, 0.1) is 5.41 Å². The molecule has 13 heavy (non-hydrogen) atoms. The lowest BCUT2D eigenvalue weighted by Gasteiger charge is -2.17. The number of aromatic nitrogens is 1. The van der Waals surface area contributed by atoms with Crippen molar-refractivity contribution < 1.29 is 0 Å². The van der Waals surface area contributed by atoms with E-state index in [-0.39, 0.29) is 0 Å². The van der Waals surface area contributed by atoms with Crippen molar-refractivity contribution in [1.29, 1.82) is 0 Å². The summed E-state index contributed by atoms with van der Waals surface area (Å²) in [7, 11) is 0. The van der Waals surface area contributed by atoms with Crippen LogP contribution in [0.3, 0.4) is 0 Å². The second-order valence-corrected chi connectivity index (χ2v) is 5.43. The number of nitrogens with zero attached hydrogens (tertiary/aromatic N) is 1. The van der Waals surface area contributed by atoms with E-state index in [4.69, 9.17) is 0 Å². The summed E-state index contributed by atoms with van der Waals surface area (Å²) in [5.41, 5.74) is 2.31. The van der Waals surface area contributed by atoms with Gasteiger partial charge in [0, 0.05) is 17.6 Å². The molecule has 0 amide bonds. The van der Waals surface area contributed by atoms with Crippen LogP contribution in [0.5, 0.6) is 0 Å². The lowest BCUT2D eigenvalue weighted by atomic mass is 9.92. The van der Waals surface area contributed by atoms with Gasteiger partial charge >= 0.3 is 0 Å².